The van der Waals surface area contributed by atoms with Gasteiger partial charge in [0.25, 0.3) is 0 Å². The van der Waals surface area contributed by atoms with Gasteiger partial charge in [0.2, 0.25) is 0 Å². The van der Waals surface area contributed by atoms with Gasteiger partial charge < -0.3 is 4.74 Å². The number of carbonyl (C=O) groups is 1. The molecule has 84 valence electrons. The van der Waals surface area contributed by atoms with E-state index in [2.05, 4.69) is 0 Å². The molecule has 2 aromatic rings. The van der Waals surface area contributed by atoms with Crippen LogP contribution in [0.25, 0.3) is 11.1 Å². The molecule has 0 N–H and O–H groups in total. The van der Waals surface area contributed by atoms with Crippen molar-refractivity contribution < 1.29 is 13.9 Å². The molecule has 0 fully saturated rings. The van der Waals surface area contributed by atoms with Gasteiger partial charge in [-0.2, -0.15) is 0 Å². The van der Waals surface area contributed by atoms with Gasteiger partial charge in [-0.1, -0.05) is 12.1 Å². The van der Waals surface area contributed by atoms with E-state index in [4.69, 9.17) is 4.74 Å². The van der Waals surface area contributed by atoms with Crippen LogP contribution in [0.2, 0.25) is 0 Å². The molecule has 2 aromatic carbocycles. The fraction of sp³-hybridized carbons (Fsp3) is 0.0714. The van der Waals surface area contributed by atoms with E-state index >= 15 is 0 Å². The third-order valence-corrected chi connectivity index (χ3v) is 3.00. The zero-order valence-electron chi connectivity index (χ0n) is 9.16. The fourth-order valence-corrected chi connectivity index (χ4v) is 2.19. The standard InChI is InChI=1S/C14H9FO2/c1-17-8-5-6-9-10-3-2-4-12(15)13(10)14(16)11(9)7-8/h2-7H,1H3. The Hall–Kier alpha value is -2.16. The number of ketones is 1. The third kappa shape index (κ3) is 1.29. The molecule has 0 aliphatic heterocycles. The Morgan fingerprint density at radius 2 is 1.88 bits per heavy atom. The van der Waals surface area contributed by atoms with Crippen LogP contribution in [0.4, 0.5) is 4.39 Å². The van der Waals surface area contributed by atoms with E-state index in [9.17, 15) is 9.18 Å². The molecular formula is C14H9FO2. The van der Waals surface area contributed by atoms with E-state index in [1.54, 1.807) is 30.3 Å². The average molecular weight is 228 g/mol. The highest BCUT2D eigenvalue weighted by Gasteiger charge is 2.29. The van der Waals surface area contributed by atoms with Crippen molar-refractivity contribution in [3.63, 3.8) is 0 Å². The summed E-state index contributed by atoms with van der Waals surface area (Å²) in [6.45, 7) is 0. The van der Waals surface area contributed by atoms with E-state index in [0.717, 1.165) is 5.56 Å². The number of methoxy groups -OCH3 is 1. The predicted molar refractivity (Wildman–Crippen MR) is 61.8 cm³/mol. The van der Waals surface area contributed by atoms with Crippen molar-refractivity contribution in [3.8, 4) is 16.9 Å². The minimum atomic E-state index is -0.470. The Labute approximate surface area is 97.7 Å². The molecule has 0 amide bonds. The van der Waals surface area contributed by atoms with E-state index < -0.39 is 5.82 Å². The number of hydrogen-bond acceptors (Lipinski definition) is 2. The molecule has 0 bridgehead atoms. The summed E-state index contributed by atoms with van der Waals surface area (Å²) in [5.74, 6) is -0.139. The van der Waals surface area contributed by atoms with Gasteiger partial charge in [-0.05, 0) is 35.4 Å². The summed E-state index contributed by atoms with van der Waals surface area (Å²) in [7, 11) is 1.54. The number of halogens is 1. The van der Waals surface area contributed by atoms with E-state index in [1.165, 1.54) is 13.2 Å². The molecule has 0 aromatic heterocycles. The third-order valence-electron chi connectivity index (χ3n) is 3.00. The lowest BCUT2D eigenvalue weighted by atomic mass is 10.1. The quantitative estimate of drug-likeness (QED) is 0.639. The number of rotatable bonds is 1. The first-order valence-corrected chi connectivity index (χ1v) is 5.24. The Balaban J connectivity index is 2.31. The molecule has 1 aliphatic carbocycles. The highest BCUT2D eigenvalue weighted by Crippen LogP contribution is 2.39. The van der Waals surface area contributed by atoms with E-state index in [1.807, 2.05) is 0 Å². The van der Waals surface area contributed by atoms with Crippen molar-refractivity contribution >= 4 is 5.78 Å². The summed E-state index contributed by atoms with van der Waals surface area (Å²) >= 11 is 0. The first kappa shape index (κ1) is 10.0. The highest BCUT2D eigenvalue weighted by atomic mass is 19.1. The Kier molecular flexibility index (Phi) is 2.01. The molecule has 17 heavy (non-hydrogen) atoms. The lowest BCUT2D eigenvalue weighted by Gasteiger charge is -2.02. The van der Waals surface area contributed by atoms with Crippen molar-refractivity contribution in [2.45, 2.75) is 0 Å². The number of carbonyl (C=O) groups excluding carboxylic acids is 1. The maximum atomic E-state index is 13.6. The first-order chi connectivity index (χ1) is 8.22. The van der Waals surface area contributed by atoms with Gasteiger partial charge in [0.05, 0.1) is 12.7 Å². The zero-order chi connectivity index (χ0) is 12.0. The first-order valence-electron chi connectivity index (χ1n) is 5.24. The maximum absolute atomic E-state index is 13.6. The molecule has 0 spiro atoms. The number of hydrogen-bond donors (Lipinski definition) is 0. The van der Waals surface area contributed by atoms with Crippen molar-refractivity contribution in [1.82, 2.24) is 0 Å². The van der Waals surface area contributed by atoms with Gasteiger partial charge in [-0.25, -0.2) is 4.39 Å². The summed E-state index contributed by atoms with van der Waals surface area (Å²) in [4.78, 5) is 12.1. The van der Waals surface area contributed by atoms with Gasteiger partial charge in [-0.3, -0.25) is 4.79 Å². The lowest BCUT2D eigenvalue weighted by Crippen LogP contribution is -1.98. The normalized spacial score (nSPS) is 12.2. The molecular weight excluding hydrogens is 219 g/mol. The second kappa shape index (κ2) is 3.42. The second-order valence-corrected chi connectivity index (χ2v) is 3.90. The van der Waals surface area contributed by atoms with Gasteiger partial charge in [0.15, 0.2) is 5.78 Å². The largest absolute Gasteiger partial charge is 0.497 e. The zero-order valence-corrected chi connectivity index (χ0v) is 9.16. The molecule has 3 heteroatoms. The van der Waals surface area contributed by atoms with Crippen molar-refractivity contribution in [1.29, 1.82) is 0 Å². The Morgan fingerprint density at radius 3 is 2.65 bits per heavy atom. The summed E-state index contributed by atoms with van der Waals surface area (Å²) in [5, 5.41) is 0. The van der Waals surface area contributed by atoms with Crippen LogP contribution in [-0.2, 0) is 0 Å². The van der Waals surface area contributed by atoms with Gasteiger partial charge in [-0.15, -0.1) is 0 Å². The Morgan fingerprint density at radius 1 is 1.06 bits per heavy atom. The SMILES string of the molecule is COc1ccc2c(c1)C(=O)c1c(F)cccc1-2. The van der Waals surface area contributed by atoms with E-state index in [0.29, 0.717) is 16.9 Å². The van der Waals surface area contributed by atoms with Gasteiger partial charge in [0.1, 0.15) is 11.6 Å². The molecule has 0 heterocycles. The molecule has 2 nitrogen and oxygen atoms in total. The van der Waals surface area contributed by atoms with Crippen LogP contribution in [0.3, 0.4) is 0 Å². The highest BCUT2D eigenvalue weighted by molar-refractivity contribution is 6.22. The minimum Gasteiger partial charge on any atom is -0.497 e. The van der Waals surface area contributed by atoms with Crippen LogP contribution >= 0.6 is 0 Å². The molecule has 0 saturated heterocycles. The molecule has 0 radical (unpaired) electrons. The van der Waals surface area contributed by atoms with E-state index in [-0.39, 0.29) is 11.3 Å². The number of benzene rings is 2. The smallest absolute Gasteiger partial charge is 0.197 e. The van der Waals surface area contributed by atoms with Crippen LogP contribution in [0.15, 0.2) is 36.4 Å². The monoisotopic (exact) mass is 228 g/mol. The summed E-state index contributed by atoms with van der Waals surface area (Å²) in [6.07, 6.45) is 0. The van der Waals surface area contributed by atoms with Crippen molar-refractivity contribution in [2.24, 2.45) is 0 Å². The Bertz CT molecular complexity index is 632. The number of ether oxygens (including phenoxy) is 1. The minimum absolute atomic E-state index is 0.163. The van der Waals surface area contributed by atoms with Crippen molar-refractivity contribution in [2.75, 3.05) is 7.11 Å². The molecule has 3 rings (SSSR count). The maximum Gasteiger partial charge on any atom is 0.197 e. The van der Waals surface area contributed by atoms with Crippen LogP contribution < -0.4 is 4.74 Å². The van der Waals surface area contributed by atoms with Crippen LogP contribution in [0, 0.1) is 5.82 Å². The second-order valence-electron chi connectivity index (χ2n) is 3.90. The molecule has 0 saturated carbocycles. The predicted octanol–water partition coefficient (Wildman–Crippen LogP) is 3.05. The van der Waals surface area contributed by atoms with Gasteiger partial charge in [0, 0.05) is 5.56 Å². The molecule has 0 unspecified atom stereocenters. The average Bonchev–Trinajstić information content (AvgIpc) is 2.64. The summed E-state index contributed by atoms with van der Waals surface area (Å²) < 4.78 is 18.7. The molecule has 0 atom stereocenters. The number of fused-ring (bicyclic) bond motifs is 3. The lowest BCUT2D eigenvalue weighted by molar-refractivity contribution is 0.103. The van der Waals surface area contributed by atoms with Crippen molar-refractivity contribution in [3.05, 3.63) is 53.3 Å². The summed E-state index contributed by atoms with van der Waals surface area (Å²) in [6, 6.07) is 9.88. The van der Waals surface area contributed by atoms with Crippen LogP contribution in [0.1, 0.15) is 15.9 Å². The van der Waals surface area contributed by atoms with Crippen LogP contribution in [-0.4, -0.2) is 12.9 Å². The van der Waals surface area contributed by atoms with Gasteiger partial charge >= 0.3 is 0 Å². The fourth-order valence-electron chi connectivity index (χ4n) is 2.19. The topological polar surface area (TPSA) is 26.3 Å². The van der Waals surface area contributed by atoms with Crippen LogP contribution in [0.5, 0.6) is 5.75 Å². The summed E-state index contributed by atoms with van der Waals surface area (Å²) in [5.41, 5.74) is 2.10. The molecule has 1 aliphatic rings.